The third kappa shape index (κ3) is 1.74. The van der Waals surface area contributed by atoms with Crippen molar-refractivity contribution >= 4 is 5.69 Å². The Hall–Kier alpha value is -2.10. The maximum Gasteiger partial charge on any atom is 0.145 e. The molecule has 4 heteroatoms. The fraction of sp³-hybridized carbons (Fsp3) is 0.0909. The van der Waals surface area contributed by atoms with Gasteiger partial charge >= 0.3 is 0 Å². The van der Waals surface area contributed by atoms with Gasteiger partial charge in [0, 0.05) is 30.2 Å². The van der Waals surface area contributed by atoms with E-state index in [1.807, 2.05) is 12.1 Å². The second-order valence-electron chi connectivity index (χ2n) is 3.02. The number of hydrogen-bond acceptors (Lipinski definition) is 4. The highest BCUT2D eigenvalue weighted by Gasteiger charge is 2.08. The van der Waals surface area contributed by atoms with Crippen molar-refractivity contribution in [1.82, 2.24) is 9.97 Å². The van der Waals surface area contributed by atoms with Crippen LogP contribution in [0, 0.1) is 0 Å². The van der Waals surface area contributed by atoms with Crippen molar-refractivity contribution in [1.29, 1.82) is 0 Å². The quantitative estimate of drug-likeness (QED) is 0.803. The number of pyridine rings is 2. The SMILES string of the molecule is COc1ccnc(-c2cccnc2)c1N. The zero-order chi connectivity index (χ0) is 10.7. The van der Waals surface area contributed by atoms with Crippen molar-refractivity contribution in [3.05, 3.63) is 36.8 Å². The van der Waals surface area contributed by atoms with E-state index in [2.05, 4.69) is 9.97 Å². The molecule has 0 spiro atoms. The van der Waals surface area contributed by atoms with Crippen LogP contribution >= 0.6 is 0 Å². The van der Waals surface area contributed by atoms with Crippen LogP contribution in [0.2, 0.25) is 0 Å². The Labute approximate surface area is 87.7 Å². The number of hydrogen-bond donors (Lipinski definition) is 1. The van der Waals surface area contributed by atoms with Gasteiger partial charge in [0.25, 0.3) is 0 Å². The monoisotopic (exact) mass is 201 g/mol. The molecule has 2 aromatic rings. The Balaban J connectivity index is 2.54. The van der Waals surface area contributed by atoms with E-state index < -0.39 is 0 Å². The van der Waals surface area contributed by atoms with E-state index in [1.165, 1.54) is 0 Å². The minimum absolute atomic E-state index is 0.535. The van der Waals surface area contributed by atoms with Gasteiger partial charge in [-0.25, -0.2) is 0 Å². The first-order chi connectivity index (χ1) is 7.33. The molecule has 15 heavy (non-hydrogen) atoms. The van der Waals surface area contributed by atoms with Gasteiger partial charge in [0.05, 0.1) is 12.8 Å². The summed E-state index contributed by atoms with van der Waals surface area (Å²) in [5.41, 5.74) is 8.03. The van der Waals surface area contributed by atoms with E-state index >= 15 is 0 Å². The number of anilines is 1. The topological polar surface area (TPSA) is 61.0 Å². The Morgan fingerprint density at radius 1 is 1.27 bits per heavy atom. The molecule has 2 aromatic heterocycles. The predicted octanol–water partition coefficient (Wildman–Crippen LogP) is 1.73. The Bertz CT molecular complexity index is 457. The van der Waals surface area contributed by atoms with Crippen LogP contribution in [0.4, 0.5) is 5.69 Å². The molecule has 0 aliphatic heterocycles. The molecule has 0 radical (unpaired) electrons. The first-order valence-corrected chi connectivity index (χ1v) is 4.52. The van der Waals surface area contributed by atoms with Crippen LogP contribution in [0.3, 0.4) is 0 Å². The van der Waals surface area contributed by atoms with E-state index in [0.717, 1.165) is 5.56 Å². The summed E-state index contributed by atoms with van der Waals surface area (Å²) in [5, 5.41) is 0. The van der Waals surface area contributed by atoms with Crippen LogP contribution in [0.1, 0.15) is 0 Å². The first kappa shape index (κ1) is 9.45. The summed E-state index contributed by atoms with van der Waals surface area (Å²) >= 11 is 0. The Kier molecular flexibility index (Phi) is 2.49. The molecule has 0 unspecified atom stereocenters. The molecule has 0 aromatic carbocycles. The minimum Gasteiger partial charge on any atom is -0.494 e. The summed E-state index contributed by atoms with van der Waals surface area (Å²) in [4.78, 5) is 8.23. The largest absolute Gasteiger partial charge is 0.494 e. The average molecular weight is 201 g/mol. The normalized spacial score (nSPS) is 9.93. The fourth-order valence-electron chi connectivity index (χ4n) is 1.37. The van der Waals surface area contributed by atoms with Gasteiger partial charge in [0.15, 0.2) is 0 Å². The van der Waals surface area contributed by atoms with Crippen LogP contribution in [-0.4, -0.2) is 17.1 Å². The van der Waals surface area contributed by atoms with Crippen molar-refractivity contribution in [2.45, 2.75) is 0 Å². The third-order valence-corrected chi connectivity index (χ3v) is 2.11. The van der Waals surface area contributed by atoms with Gasteiger partial charge in [-0.2, -0.15) is 0 Å². The van der Waals surface area contributed by atoms with Gasteiger partial charge < -0.3 is 10.5 Å². The third-order valence-electron chi connectivity index (χ3n) is 2.11. The maximum atomic E-state index is 5.91. The van der Waals surface area contributed by atoms with Gasteiger partial charge in [0.2, 0.25) is 0 Å². The van der Waals surface area contributed by atoms with Crippen molar-refractivity contribution in [3.63, 3.8) is 0 Å². The fourth-order valence-corrected chi connectivity index (χ4v) is 1.37. The van der Waals surface area contributed by atoms with Crippen LogP contribution in [0.5, 0.6) is 5.75 Å². The molecule has 0 aliphatic rings. The molecule has 0 bridgehead atoms. The molecule has 2 rings (SSSR count). The maximum absolute atomic E-state index is 5.91. The highest BCUT2D eigenvalue weighted by atomic mass is 16.5. The smallest absolute Gasteiger partial charge is 0.145 e. The van der Waals surface area contributed by atoms with E-state index in [0.29, 0.717) is 17.1 Å². The Morgan fingerprint density at radius 3 is 2.80 bits per heavy atom. The van der Waals surface area contributed by atoms with E-state index in [-0.39, 0.29) is 0 Å². The van der Waals surface area contributed by atoms with Gasteiger partial charge in [-0.1, -0.05) is 0 Å². The van der Waals surface area contributed by atoms with Crippen molar-refractivity contribution in [2.24, 2.45) is 0 Å². The van der Waals surface area contributed by atoms with Crippen LogP contribution < -0.4 is 10.5 Å². The second kappa shape index (κ2) is 3.96. The molecule has 2 heterocycles. The Morgan fingerprint density at radius 2 is 2.13 bits per heavy atom. The number of rotatable bonds is 2. The molecule has 0 saturated heterocycles. The summed E-state index contributed by atoms with van der Waals surface area (Å²) in [6.45, 7) is 0. The summed E-state index contributed by atoms with van der Waals surface area (Å²) in [6.07, 6.45) is 5.09. The number of nitrogen functional groups attached to an aromatic ring is 1. The van der Waals surface area contributed by atoms with Crippen molar-refractivity contribution in [2.75, 3.05) is 12.8 Å². The standard InChI is InChI=1S/C11H11N3O/c1-15-9-4-6-14-11(10(9)12)8-3-2-5-13-7-8/h2-7H,12H2,1H3. The highest BCUT2D eigenvalue weighted by molar-refractivity contribution is 5.76. The molecule has 76 valence electrons. The van der Waals surface area contributed by atoms with Crippen LogP contribution in [-0.2, 0) is 0 Å². The lowest BCUT2D eigenvalue weighted by molar-refractivity contribution is 0.416. The zero-order valence-corrected chi connectivity index (χ0v) is 8.34. The highest BCUT2D eigenvalue weighted by Crippen LogP contribution is 2.29. The molecule has 2 N–H and O–H groups in total. The summed E-state index contributed by atoms with van der Waals surface area (Å²) < 4.78 is 5.12. The lowest BCUT2D eigenvalue weighted by atomic mass is 10.1. The number of aromatic nitrogens is 2. The van der Waals surface area contributed by atoms with Crippen LogP contribution in [0.25, 0.3) is 11.3 Å². The van der Waals surface area contributed by atoms with E-state index in [1.54, 1.807) is 31.8 Å². The average Bonchev–Trinajstić information content (AvgIpc) is 2.30. The molecule has 4 nitrogen and oxygen atoms in total. The summed E-state index contributed by atoms with van der Waals surface area (Å²) in [6, 6.07) is 5.48. The number of nitrogens with two attached hydrogens (primary N) is 1. The summed E-state index contributed by atoms with van der Waals surface area (Å²) in [7, 11) is 1.58. The van der Waals surface area contributed by atoms with E-state index in [4.69, 9.17) is 10.5 Å². The molecular weight excluding hydrogens is 190 g/mol. The lowest BCUT2D eigenvalue weighted by Gasteiger charge is -2.08. The second-order valence-corrected chi connectivity index (χ2v) is 3.02. The molecule has 0 atom stereocenters. The van der Waals surface area contributed by atoms with Gasteiger partial charge in [0.1, 0.15) is 11.4 Å². The molecule has 0 saturated carbocycles. The number of ether oxygens (including phenoxy) is 1. The predicted molar refractivity (Wildman–Crippen MR) is 58.4 cm³/mol. The number of methoxy groups -OCH3 is 1. The molecule has 0 fully saturated rings. The first-order valence-electron chi connectivity index (χ1n) is 4.52. The van der Waals surface area contributed by atoms with E-state index in [9.17, 15) is 0 Å². The van der Waals surface area contributed by atoms with Gasteiger partial charge in [-0.15, -0.1) is 0 Å². The van der Waals surface area contributed by atoms with Gasteiger partial charge in [-0.3, -0.25) is 9.97 Å². The molecular formula is C11H11N3O. The molecule has 0 amide bonds. The van der Waals surface area contributed by atoms with Gasteiger partial charge in [-0.05, 0) is 12.1 Å². The zero-order valence-electron chi connectivity index (χ0n) is 8.34. The molecule has 0 aliphatic carbocycles. The van der Waals surface area contributed by atoms with Crippen molar-refractivity contribution in [3.8, 4) is 17.0 Å². The summed E-state index contributed by atoms with van der Waals surface area (Å²) in [5.74, 6) is 0.629. The van der Waals surface area contributed by atoms with Crippen molar-refractivity contribution < 1.29 is 4.74 Å². The lowest BCUT2D eigenvalue weighted by Crippen LogP contribution is -1.97. The number of nitrogens with zero attached hydrogens (tertiary/aromatic N) is 2. The minimum atomic E-state index is 0.535. The van der Waals surface area contributed by atoms with Crippen LogP contribution in [0.15, 0.2) is 36.8 Å².